The summed E-state index contributed by atoms with van der Waals surface area (Å²) in [5, 5.41) is 6.72. The lowest BCUT2D eigenvalue weighted by atomic mass is 10.1. The Kier molecular flexibility index (Phi) is 4.90. The Hall–Kier alpha value is -2.04. The highest BCUT2D eigenvalue weighted by Crippen LogP contribution is 2.36. The number of rotatable bonds is 3. The van der Waals surface area contributed by atoms with Crippen LogP contribution in [0.4, 0.5) is 18.9 Å². The number of hydrogen-bond acceptors (Lipinski definition) is 4. The molecular weight excluding hydrogens is 385 g/mol. The minimum Gasteiger partial charge on any atom is -0.464 e. The summed E-state index contributed by atoms with van der Waals surface area (Å²) in [5.41, 5.74) is -1.73. The molecule has 0 saturated carbocycles. The Labute approximate surface area is 145 Å². The number of nitrogens with one attached hydrogen (secondary N) is 1. The van der Waals surface area contributed by atoms with Crippen LogP contribution in [-0.2, 0) is 16.2 Å². The summed E-state index contributed by atoms with van der Waals surface area (Å²) in [6.45, 7) is 2.63. The SMILES string of the molecule is Cc1oc(C)c(S(N)(=O)=O)c1C(=O)Nc1ccc(Cl)c(C(F)(F)F)c1. The highest BCUT2D eigenvalue weighted by molar-refractivity contribution is 7.89. The number of nitrogens with two attached hydrogens (primary N) is 1. The lowest BCUT2D eigenvalue weighted by Gasteiger charge is -2.12. The molecule has 1 aromatic carbocycles. The Bertz CT molecular complexity index is 952. The van der Waals surface area contributed by atoms with Gasteiger partial charge in [-0.2, -0.15) is 13.2 Å². The summed E-state index contributed by atoms with van der Waals surface area (Å²) in [5.74, 6) is -1.12. The fourth-order valence-electron chi connectivity index (χ4n) is 2.28. The number of sulfonamides is 1. The van der Waals surface area contributed by atoms with Gasteiger partial charge in [0.05, 0.1) is 10.6 Å². The van der Waals surface area contributed by atoms with E-state index in [2.05, 4.69) is 5.32 Å². The molecule has 2 rings (SSSR count). The summed E-state index contributed by atoms with van der Waals surface area (Å²) in [7, 11) is -4.27. The molecule has 0 aliphatic rings. The van der Waals surface area contributed by atoms with Gasteiger partial charge in [-0.1, -0.05) is 11.6 Å². The number of halogens is 4. The first kappa shape index (κ1) is 19.3. The Morgan fingerprint density at radius 1 is 1.24 bits per heavy atom. The van der Waals surface area contributed by atoms with Gasteiger partial charge in [0, 0.05) is 5.69 Å². The second-order valence-corrected chi connectivity index (χ2v) is 7.02. The quantitative estimate of drug-likeness (QED) is 0.829. The molecule has 0 aliphatic carbocycles. The van der Waals surface area contributed by atoms with Crippen molar-refractivity contribution in [3.05, 3.63) is 45.9 Å². The number of carbonyl (C=O) groups excluding carboxylic acids is 1. The minimum atomic E-state index is -4.72. The molecule has 0 saturated heterocycles. The maximum absolute atomic E-state index is 12.9. The van der Waals surface area contributed by atoms with Crippen molar-refractivity contribution in [1.29, 1.82) is 0 Å². The van der Waals surface area contributed by atoms with Gasteiger partial charge in [-0.05, 0) is 32.0 Å². The predicted molar refractivity (Wildman–Crippen MR) is 84.0 cm³/mol. The number of benzene rings is 1. The molecule has 25 heavy (non-hydrogen) atoms. The zero-order valence-electron chi connectivity index (χ0n) is 12.9. The standard InChI is InChI=1S/C14H12ClF3N2O4S/c1-6-11(12(7(2)24-6)25(19,22)23)13(21)20-8-3-4-10(15)9(5-8)14(16,17)18/h3-5H,1-2H3,(H,20,21)(H2,19,22,23). The Balaban J connectivity index is 2.46. The molecule has 11 heteroatoms. The molecule has 0 bridgehead atoms. The van der Waals surface area contributed by atoms with Crippen LogP contribution in [0.2, 0.25) is 5.02 Å². The molecule has 3 N–H and O–H groups in total. The maximum atomic E-state index is 12.9. The van der Waals surface area contributed by atoms with E-state index < -0.39 is 37.6 Å². The largest absolute Gasteiger partial charge is 0.464 e. The van der Waals surface area contributed by atoms with Crippen molar-refractivity contribution in [2.75, 3.05) is 5.32 Å². The number of carbonyl (C=O) groups is 1. The molecule has 1 amide bonds. The van der Waals surface area contributed by atoms with E-state index in [1.807, 2.05) is 0 Å². The summed E-state index contributed by atoms with van der Waals surface area (Å²) < 4.78 is 67.0. The van der Waals surface area contributed by atoms with E-state index in [0.29, 0.717) is 6.07 Å². The first-order chi connectivity index (χ1) is 11.3. The third kappa shape index (κ3) is 3.97. The van der Waals surface area contributed by atoms with Gasteiger partial charge in [0.2, 0.25) is 10.0 Å². The minimum absolute atomic E-state index is 0.0379. The third-order valence-electron chi connectivity index (χ3n) is 3.25. The van der Waals surface area contributed by atoms with Gasteiger partial charge in [0.25, 0.3) is 5.91 Å². The maximum Gasteiger partial charge on any atom is 0.417 e. The zero-order chi connectivity index (χ0) is 19.2. The number of primary sulfonamides is 1. The van der Waals surface area contributed by atoms with E-state index in [1.54, 1.807) is 0 Å². The van der Waals surface area contributed by atoms with Crippen LogP contribution in [0, 0.1) is 13.8 Å². The lowest BCUT2D eigenvalue weighted by molar-refractivity contribution is -0.137. The van der Waals surface area contributed by atoms with Gasteiger partial charge in [-0.3, -0.25) is 4.79 Å². The van der Waals surface area contributed by atoms with Crippen LogP contribution in [0.3, 0.4) is 0 Å². The number of hydrogen-bond donors (Lipinski definition) is 2. The third-order valence-corrected chi connectivity index (χ3v) is 4.64. The summed E-state index contributed by atoms with van der Waals surface area (Å²) >= 11 is 5.50. The van der Waals surface area contributed by atoms with Gasteiger partial charge < -0.3 is 9.73 Å². The van der Waals surface area contributed by atoms with Crippen molar-refractivity contribution in [2.45, 2.75) is 24.9 Å². The fraction of sp³-hybridized carbons (Fsp3) is 0.214. The molecule has 1 heterocycles. The topological polar surface area (TPSA) is 102 Å². The van der Waals surface area contributed by atoms with E-state index in [0.717, 1.165) is 12.1 Å². The highest BCUT2D eigenvalue weighted by atomic mass is 35.5. The fourth-order valence-corrected chi connectivity index (χ4v) is 3.47. The Morgan fingerprint density at radius 2 is 1.84 bits per heavy atom. The van der Waals surface area contributed by atoms with E-state index in [1.165, 1.54) is 13.8 Å². The monoisotopic (exact) mass is 396 g/mol. The first-order valence-corrected chi connectivity index (χ1v) is 8.55. The number of furan rings is 1. The van der Waals surface area contributed by atoms with Crippen molar-refractivity contribution in [1.82, 2.24) is 0 Å². The molecule has 0 radical (unpaired) electrons. The molecule has 6 nitrogen and oxygen atoms in total. The molecule has 2 aromatic rings. The average molecular weight is 397 g/mol. The summed E-state index contributed by atoms with van der Waals surface area (Å²) in [6, 6.07) is 2.75. The van der Waals surface area contributed by atoms with Crippen molar-refractivity contribution < 1.29 is 30.8 Å². The van der Waals surface area contributed by atoms with Gasteiger partial charge in [0.15, 0.2) is 0 Å². The van der Waals surface area contributed by atoms with Crippen molar-refractivity contribution in [3.8, 4) is 0 Å². The second kappa shape index (κ2) is 6.36. The van der Waals surface area contributed by atoms with Gasteiger partial charge in [0.1, 0.15) is 22.0 Å². The van der Waals surface area contributed by atoms with Crippen LogP contribution >= 0.6 is 11.6 Å². The summed E-state index contributed by atoms with van der Waals surface area (Å²) in [6.07, 6.45) is -4.72. The molecule has 0 atom stereocenters. The van der Waals surface area contributed by atoms with E-state index in [9.17, 15) is 26.4 Å². The Morgan fingerprint density at radius 3 is 2.36 bits per heavy atom. The molecule has 0 aliphatic heterocycles. The van der Waals surface area contributed by atoms with Crippen molar-refractivity contribution in [2.24, 2.45) is 5.14 Å². The zero-order valence-corrected chi connectivity index (χ0v) is 14.4. The number of aryl methyl sites for hydroxylation is 2. The van der Waals surface area contributed by atoms with E-state index >= 15 is 0 Å². The normalized spacial score (nSPS) is 12.3. The first-order valence-electron chi connectivity index (χ1n) is 6.63. The van der Waals surface area contributed by atoms with Crippen molar-refractivity contribution >= 4 is 33.2 Å². The van der Waals surface area contributed by atoms with Gasteiger partial charge >= 0.3 is 6.18 Å². The van der Waals surface area contributed by atoms with Crippen LogP contribution in [0.1, 0.15) is 27.4 Å². The van der Waals surface area contributed by atoms with Crippen LogP contribution in [0.25, 0.3) is 0 Å². The van der Waals surface area contributed by atoms with Crippen LogP contribution in [0.5, 0.6) is 0 Å². The molecule has 1 aromatic heterocycles. The second-order valence-electron chi connectivity index (χ2n) is 5.11. The van der Waals surface area contributed by atoms with Gasteiger partial charge in [-0.15, -0.1) is 0 Å². The number of alkyl halides is 3. The molecule has 0 spiro atoms. The van der Waals surface area contributed by atoms with Crippen molar-refractivity contribution in [3.63, 3.8) is 0 Å². The van der Waals surface area contributed by atoms with Gasteiger partial charge in [-0.25, -0.2) is 13.6 Å². The molecule has 136 valence electrons. The predicted octanol–water partition coefficient (Wildman–Crippen LogP) is 3.47. The average Bonchev–Trinajstić information content (AvgIpc) is 2.74. The van der Waals surface area contributed by atoms with E-state index in [-0.39, 0.29) is 22.8 Å². The number of amides is 1. The van der Waals surface area contributed by atoms with Crippen LogP contribution in [-0.4, -0.2) is 14.3 Å². The lowest BCUT2D eigenvalue weighted by Crippen LogP contribution is -2.20. The molecular formula is C14H12ClF3N2O4S. The number of anilines is 1. The smallest absolute Gasteiger partial charge is 0.417 e. The van der Waals surface area contributed by atoms with Crippen LogP contribution < -0.4 is 10.5 Å². The highest BCUT2D eigenvalue weighted by Gasteiger charge is 2.34. The molecule has 0 fully saturated rings. The van der Waals surface area contributed by atoms with E-state index in [4.69, 9.17) is 21.2 Å². The van der Waals surface area contributed by atoms with Crippen LogP contribution in [0.15, 0.2) is 27.5 Å². The molecule has 0 unspecified atom stereocenters. The summed E-state index contributed by atoms with van der Waals surface area (Å²) in [4.78, 5) is 11.8.